The molecule has 0 aliphatic heterocycles. The van der Waals surface area contributed by atoms with Crippen LogP contribution in [0, 0.1) is 0 Å². The number of nitrogens with one attached hydrogen (secondary N) is 1. The number of carbonyl (C=O) groups is 1. The number of thiazole rings is 1. The maximum Gasteiger partial charge on any atom is 0.345 e. The van der Waals surface area contributed by atoms with Crippen molar-refractivity contribution in [1.82, 2.24) is 10.3 Å². The van der Waals surface area contributed by atoms with Crippen molar-refractivity contribution in [3.8, 4) is 0 Å². The van der Waals surface area contributed by atoms with Crippen LogP contribution >= 0.6 is 22.7 Å². The van der Waals surface area contributed by atoms with Crippen molar-refractivity contribution in [3.63, 3.8) is 0 Å². The molecule has 3 rings (SSSR count). The zero-order chi connectivity index (χ0) is 13.2. The van der Waals surface area contributed by atoms with Gasteiger partial charge in [-0.05, 0) is 29.9 Å². The molecule has 1 fully saturated rings. The lowest BCUT2D eigenvalue weighted by Crippen LogP contribution is -2.12. The zero-order valence-corrected chi connectivity index (χ0v) is 11.9. The van der Waals surface area contributed by atoms with Gasteiger partial charge in [0.25, 0.3) is 0 Å². The summed E-state index contributed by atoms with van der Waals surface area (Å²) in [4.78, 5) is 16.9. The van der Waals surface area contributed by atoms with Crippen LogP contribution in [0.15, 0.2) is 17.0 Å². The summed E-state index contributed by atoms with van der Waals surface area (Å²) in [6.07, 6.45) is 2.53. The molecular formula is C13H14N2O2S2. The normalized spacial score (nSPS) is 14.7. The van der Waals surface area contributed by atoms with Crippen molar-refractivity contribution in [1.29, 1.82) is 0 Å². The summed E-state index contributed by atoms with van der Waals surface area (Å²) in [5.41, 5.74) is 4.20. The Hall–Kier alpha value is -1.24. The van der Waals surface area contributed by atoms with E-state index in [2.05, 4.69) is 10.3 Å². The Kier molecular flexibility index (Phi) is 3.63. The average Bonchev–Trinajstić information content (AvgIpc) is 2.94. The monoisotopic (exact) mass is 294 g/mol. The van der Waals surface area contributed by atoms with Gasteiger partial charge in [-0.2, -0.15) is 0 Å². The Morgan fingerprint density at radius 2 is 2.26 bits per heavy atom. The highest BCUT2D eigenvalue weighted by Gasteiger charge is 2.27. The van der Waals surface area contributed by atoms with Gasteiger partial charge in [-0.3, -0.25) is 0 Å². The first-order chi connectivity index (χ1) is 9.24. The molecule has 0 radical (unpaired) electrons. The molecular weight excluding hydrogens is 280 g/mol. The Morgan fingerprint density at radius 3 is 2.95 bits per heavy atom. The average molecular weight is 294 g/mol. The first kappa shape index (κ1) is 12.8. The molecule has 2 aromatic heterocycles. The van der Waals surface area contributed by atoms with Gasteiger partial charge in [0.2, 0.25) is 0 Å². The Labute approximate surface area is 119 Å². The molecule has 0 unspecified atom stereocenters. The molecule has 1 aliphatic rings. The molecule has 2 N–H and O–H groups in total. The topological polar surface area (TPSA) is 62.2 Å². The fourth-order valence-corrected chi connectivity index (χ4v) is 3.57. The molecule has 6 heteroatoms. The Morgan fingerprint density at radius 1 is 1.42 bits per heavy atom. The standard InChI is InChI=1S/C13H14N2O2S2/c16-13(17)10-3-8(6-18-10)4-14-5-11-12(9-1-2-9)15-7-19-11/h3,6-7,9,14H,1-2,4-5H2,(H,16,17). The van der Waals surface area contributed by atoms with Crippen LogP contribution in [0.3, 0.4) is 0 Å². The van der Waals surface area contributed by atoms with Gasteiger partial charge >= 0.3 is 5.97 Å². The van der Waals surface area contributed by atoms with Gasteiger partial charge in [0.05, 0.1) is 11.2 Å². The number of nitrogens with zero attached hydrogens (tertiary/aromatic N) is 1. The molecule has 0 atom stereocenters. The first-order valence-corrected chi connectivity index (χ1v) is 7.93. The maximum atomic E-state index is 10.8. The fourth-order valence-electron chi connectivity index (χ4n) is 2.00. The quantitative estimate of drug-likeness (QED) is 0.859. The lowest BCUT2D eigenvalue weighted by molar-refractivity contribution is 0.0702. The SMILES string of the molecule is O=C(O)c1cc(CNCc2scnc2C2CC2)cs1. The molecule has 0 bridgehead atoms. The van der Waals surface area contributed by atoms with Gasteiger partial charge in [0, 0.05) is 23.9 Å². The van der Waals surface area contributed by atoms with Crippen LogP contribution in [0.25, 0.3) is 0 Å². The predicted octanol–water partition coefficient (Wildman–Crippen LogP) is 3.07. The highest BCUT2D eigenvalue weighted by molar-refractivity contribution is 7.12. The molecule has 0 aromatic carbocycles. The van der Waals surface area contributed by atoms with E-state index in [4.69, 9.17) is 5.11 Å². The number of aromatic carboxylic acids is 1. The molecule has 2 heterocycles. The van der Waals surface area contributed by atoms with Crippen molar-refractivity contribution in [3.05, 3.63) is 38.0 Å². The molecule has 4 nitrogen and oxygen atoms in total. The van der Waals surface area contributed by atoms with E-state index in [-0.39, 0.29) is 0 Å². The van der Waals surface area contributed by atoms with Crippen LogP contribution in [-0.4, -0.2) is 16.1 Å². The van der Waals surface area contributed by atoms with Gasteiger partial charge in [0.1, 0.15) is 4.88 Å². The lowest BCUT2D eigenvalue weighted by Gasteiger charge is -2.03. The van der Waals surface area contributed by atoms with Gasteiger partial charge in [-0.25, -0.2) is 9.78 Å². The van der Waals surface area contributed by atoms with Crippen LogP contribution in [-0.2, 0) is 13.1 Å². The number of carboxylic acid groups (broad SMARTS) is 1. The van der Waals surface area contributed by atoms with E-state index in [1.165, 1.54) is 34.7 Å². The van der Waals surface area contributed by atoms with Gasteiger partial charge in [0.15, 0.2) is 0 Å². The molecule has 0 spiro atoms. The molecule has 0 amide bonds. The minimum absolute atomic E-state index is 0.397. The largest absolute Gasteiger partial charge is 0.477 e. The fraction of sp³-hybridized carbons (Fsp3) is 0.385. The van der Waals surface area contributed by atoms with E-state index in [0.717, 1.165) is 12.1 Å². The third-order valence-electron chi connectivity index (χ3n) is 3.12. The van der Waals surface area contributed by atoms with Crippen molar-refractivity contribution >= 4 is 28.6 Å². The summed E-state index contributed by atoms with van der Waals surface area (Å²) in [7, 11) is 0. The van der Waals surface area contributed by atoms with Crippen LogP contribution in [0.4, 0.5) is 0 Å². The Balaban J connectivity index is 1.54. The second-order valence-electron chi connectivity index (χ2n) is 4.66. The number of thiophene rings is 1. The summed E-state index contributed by atoms with van der Waals surface area (Å²) < 4.78 is 0. The maximum absolute atomic E-state index is 10.8. The van der Waals surface area contributed by atoms with Crippen LogP contribution in [0.2, 0.25) is 0 Å². The van der Waals surface area contributed by atoms with E-state index in [1.54, 1.807) is 17.4 Å². The number of carboxylic acids is 1. The second kappa shape index (κ2) is 5.40. The van der Waals surface area contributed by atoms with E-state index in [0.29, 0.717) is 17.3 Å². The Bertz CT molecular complexity index is 587. The van der Waals surface area contributed by atoms with Crippen molar-refractivity contribution in [2.75, 3.05) is 0 Å². The van der Waals surface area contributed by atoms with Gasteiger partial charge in [-0.1, -0.05) is 0 Å². The first-order valence-electron chi connectivity index (χ1n) is 6.17. The highest BCUT2D eigenvalue weighted by Crippen LogP contribution is 2.41. The van der Waals surface area contributed by atoms with Crippen molar-refractivity contribution in [2.24, 2.45) is 0 Å². The summed E-state index contributed by atoms with van der Waals surface area (Å²) in [6, 6.07) is 1.73. The van der Waals surface area contributed by atoms with Crippen LogP contribution in [0.5, 0.6) is 0 Å². The summed E-state index contributed by atoms with van der Waals surface area (Å²) in [6.45, 7) is 1.51. The molecule has 0 saturated heterocycles. The minimum Gasteiger partial charge on any atom is -0.477 e. The lowest BCUT2D eigenvalue weighted by atomic mass is 10.2. The molecule has 1 saturated carbocycles. The van der Waals surface area contributed by atoms with E-state index in [1.807, 2.05) is 10.9 Å². The smallest absolute Gasteiger partial charge is 0.345 e. The van der Waals surface area contributed by atoms with E-state index in [9.17, 15) is 4.79 Å². The number of aromatic nitrogens is 1. The third-order valence-corrected chi connectivity index (χ3v) is 4.93. The predicted molar refractivity (Wildman–Crippen MR) is 75.9 cm³/mol. The van der Waals surface area contributed by atoms with Gasteiger partial charge in [-0.15, -0.1) is 22.7 Å². The number of hydrogen-bond donors (Lipinski definition) is 2. The van der Waals surface area contributed by atoms with Crippen molar-refractivity contribution < 1.29 is 9.90 Å². The van der Waals surface area contributed by atoms with Gasteiger partial charge < -0.3 is 10.4 Å². The molecule has 19 heavy (non-hydrogen) atoms. The van der Waals surface area contributed by atoms with E-state index < -0.39 is 5.97 Å². The summed E-state index contributed by atoms with van der Waals surface area (Å²) in [5, 5.41) is 14.1. The highest BCUT2D eigenvalue weighted by atomic mass is 32.1. The van der Waals surface area contributed by atoms with Crippen LogP contribution in [0.1, 0.15) is 44.6 Å². The summed E-state index contributed by atoms with van der Waals surface area (Å²) >= 11 is 2.97. The minimum atomic E-state index is -0.852. The third kappa shape index (κ3) is 3.02. The van der Waals surface area contributed by atoms with E-state index >= 15 is 0 Å². The second-order valence-corrected chi connectivity index (χ2v) is 6.51. The molecule has 1 aliphatic carbocycles. The zero-order valence-electron chi connectivity index (χ0n) is 10.3. The molecule has 100 valence electrons. The number of rotatable bonds is 6. The van der Waals surface area contributed by atoms with Crippen molar-refractivity contribution in [2.45, 2.75) is 31.8 Å². The van der Waals surface area contributed by atoms with Crippen LogP contribution < -0.4 is 5.32 Å². The number of hydrogen-bond acceptors (Lipinski definition) is 5. The molecule has 2 aromatic rings. The summed E-state index contributed by atoms with van der Waals surface area (Å²) in [5.74, 6) is -0.169.